The van der Waals surface area contributed by atoms with Crippen LogP contribution in [-0.2, 0) is 30.7 Å². The molecule has 34 heavy (non-hydrogen) atoms. The fourth-order valence-electron chi connectivity index (χ4n) is 4.59. The number of anilines is 1. The van der Waals surface area contributed by atoms with Gasteiger partial charge in [0.1, 0.15) is 12.4 Å². The Morgan fingerprint density at radius 2 is 1.74 bits per heavy atom. The van der Waals surface area contributed by atoms with Crippen molar-refractivity contribution in [2.75, 3.05) is 18.0 Å². The lowest BCUT2D eigenvalue weighted by atomic mass is 9.97. The molecular weight excluding hydrogens is 444 g/mol. The monoisotopic (exact) mass is 472 g/mol. The zero-order valence-corrected chi connectivity index (χ0v) is 19.9. The van der Waals surface area contributed by atoms with Gasteiger partial charge in [-0.15, -0.1) is 0 Å². The first-order valence-corrected chi connectivity index (χ1v) is 12.7. The van der Waals surface area contributed by atoms with Crippen molar-refractivity contribution in [1.82, 2.24) is 5.32 Å². The highest BCUT2D eigenvalue weighted by Gasteiger charge is 2.31. The molecule has 5 rings (SSSR count). The third-order valence-corrected chi connectivity index (χ3v) is 7.37. The Morgan fingerprint density at radius 3 is 2.50 bits per heavy atom. The number of imide groups is 1. The first-order chi connectivity index (χ1) is 16.6. The van der Waals surface area contributed by atoms with E-state index in [0.29, 0.717) is 13.0 Å². The number of carbonyl (C=O) groups is 2. The van der Waals surface area contributed by atoms with E-state index in [0.717, 1.165) is 61.0 Å². The fourth-order valence-corrected chi connectivity index (χ4v) is 5.45. The lowest BCUT2D eigenvalue weighted by Crippen LogP contribution is -2.31. The summed E-state index contributed by atoms with van der Waals surface area (Å²) in [6, 6.07) is 25.1. The van der Waals surface area contributed by atoms with Crippen LogP contribution in [-0.4, -0.2) is 29.5 Å². The van der Waals surface area contributed by atoms with Gasteiger partial charge in [-0.25, -0.2) is 0 Å². The van der Waals surface area contributed by atoms with Crippen LogP contribution >= 0.6 is 11.8 Å². The van der Waals surface area contributed by atoms with E-state index >= 15 is 0 Å². The molecule has 6 heteroatoms. The summed E-state index contributed by atoms with van der Waals surface area (Å²) < 4.78 is 5.90. The average Bonchev–Trinajstić information content (AvgIpc) is 3.18. The van der Waals surface area contributed by atoms with Gasteiger partial charge in [0.15, 0.2) is 0 Å². The maximum absolute atomic E-state index is 11.9. The Balaban J connectivity index is 1.17. The van der Waals surface area contributed by atoms with Crippen LogP contribution in [0.4, 0.5) is 10.5 Å². The molecule has 2 amide bonds. The van der Waals surface area contributed by atoms with E-state index in [1.54, 1.807) is 0 Å². The van der Waals surface area contributed by atoms with E-state index in [1.165, 1.54) is 16.8 Å². The molecule has 1 fully saturated rings. The number of rotatable bonds is 8. The minimum absolute atomic E-state index is 0.175. The van der Waals surface area contributed by atoms with Gasteiger partial charge in [-0.1, -0.05) is 66.4 Å². The summed E-state index contributed by atoms with van der Waals surface area (Å²) in [5, 5.41) is 1.82. The Morgan fingerprint density at radius 1 is 0.941 bits per heavy atom. The molecule has 1 N–H and O–H groups in total. The van der Waals surface area contributed by atoms with Gasteiger partial charge in [0, 0.05) is 18.8 Å². The van der Waals surface area contributed by atoms with Crippen molar-refractivity contribution < 1.29 is 14.3 Å². The van der Waals surface area contributed by atoms with E-state index in [1.807, 2.05) is 18.2 Å². The van der Waals surface area contributed by atoms with Crippen molar-refractivity contribution in [3.8, 4) is 5.75 Å². The number of ether oxygens (including phenoxy) is 1. The van der Waals surface area contributed by atoms with Crippen molar-refractivity contribution in [1.29, 1.82) is 0 Å². The molecule has 174 valence electrons. The summed E-state index contributed by atoms with van der Waals surface area (Å²) in [6.45, 7) is 2.60. The molecule has 5 nitrogen and oxygen atoms in total. The van der Waals surface area contributed by atoms with Crippen LogP contribution in [0.15, 0.2) is 72.8 Å². The van der Waals surface area contributed by atoms with Crippen LogP contribution in [0.2, 0.25) is 0 Å². The van der Waals surface area contributed by atoms with Gasteiger partial charge in [0.25, 0.3) is 5.24 Å². The maximum Gasteiger partial charge on any atom is 0.286 e. The summed E-state index contributed by atoms with van der Waals surface area (Å²) in [4.78, 5) is 25.8. The number of benzene rings is 3. The third-order valence-electron chi connectivity index (χ3n) is 6.39. The molecule has 0 radical (unpaired) electrons. The Kier molecular flexibility index (Phi) is 6.86. The number of hydrogen-bond donors (Lipinski definition) is 1. The van der Waals surface area contributed by atoms with Crippen molar-refractivity contribution >= 4 is 28.6 Å². The maximum atomic E-state index is 11.9. The minimum atomic E-state index is -0.315. The zero-order valence-electron chi connectivity index (χ0n) is 19.0. The van der Waals surface area contributed by atoms with E-state index in [9.17, 15) is 9.59 Å². The molecule has 0 aromatic heterocycles. The predicted octanol–water partition coefficient (Wildman–Crippen LogP) is 5.16. The Labute approximate surface area is 204 Å². The van der Waals surface area contributed by atoms with Crippen LogP contribution in [0.3, 0.4) is 0 Å². The zero-order chi connectivity index (χ0) is 23.3. The summed E-state index contributed by atoms with van der Waals surface area (Å²) in [7, 11) is 0. The van der Waals surface area contributed by atoms with Gasteiger partial charge < -0.3 is 9.64 Å². The minimum Gasteiger partial charge on any atom is -0.489 e. The molecule has 2 heterocycles. The molecule has 1 saturated heterocycles. The molecule has 0 aliphatic carbocycles. The molecule has 0 spiro atoms. The van der Waals surface area contributed by atoms with Gasteiger partial charge in [0.05, 0.1) is 5.25 Å². The van der Waals surface area contributed by atoms with Crippen molar-refractivity contribution in [2.45, 2.75) is 37.5 Å². The van der Waals surface area contributed by atoms with E-state index < -0.39 is 0 Å². The molecule has 0 bridgehead atoms. The van der Waals surface area contributed by atoms with Crippen LogP contribution in [0.25, 0.3) is 0 Å². The second-order valence-electron chi connectivity index (χ2n) is 8.81. The van der Waals surface area contributed by atoms with Crippen LogP contribution in [0.1, 0.15) is 28.7 Å². The highest BCUT2D eigenvalue weighted by molar-refractivity contribution is 8.15. The van der Waals surface area contributed by atoms with E-state index in [4.69, 9.17) is 4.74 Å². The number of amides is 2. The number of aryl methyl sites for hydroxylation is 1. The van der Waals surface area contributed by atoms with Crippen LogP contribution in [0, 0.1) is 0 Å². The standard InChI is InChI=1S/C28H28N2O3S/c31-27-26(34-28(32)29-27)18-22-10-13-25-23(17-22)7-4-15-30(25)16-14-20-8-11-24(12-9-20)33-19-21-5-2-1-3-6-21/h1-3,5-6,8-13,17,26H,4,7,14-16,18-19H2,(H,29,31,32). The predicted molar refractivity (Wildman–Crippen MR) is 137 cm³/mol. The topological polar surface area (TPSA) is 58.6 Å². The molecule has 0 saturated carbocycles. The summed E-state index contributed by atoms with van der Waals surface area (Å²) in [5.74, 6) is 0.713. The second kappa shape index (κ2) is 10.3. The number of hydrogen-bond acceptors (Lipinski definition) is 5. The number of nitrogens with zero attached hydrogens (tertiary/aromatic N) is 1. The van der Waals surface area contributed by atoms with Gasteiger partial charge in [-0.3, -0.25) is 14.9 Å². The van der Waals surface area contributed by atoms with E-state index in [2.05, 4.69) is 64.8 Å². The summed E-state index contributed by atoms with van der Waals surface area (Å²) >= 11 is 1.10. The molecule has 1 unspecified atom stereocenters. The lowest BCUT2D eigenvalue weighted by molar-refractivity contribution is -0.118. The number of fused-ring (bicyclic) bond motifs is 1. The molecule has 1 atom stereocenters. The Hall–Kier alpha value is -3.25. The van der Waals surface area contributed by atoms with Crippen LogP contribution in [0.5, 0.6) is 5.75 Å². The smallest absolute Gasteiger partial charge is 0.286 e. The normalized spacial score (nSPS) is 17.4. The highest BCUT2D eigenvalue weighted by atomic mass is 32.2. The summed E-state index contributed by atoms with van der Waals surface area (Å²) in [6.07, 6.45) is 3.74. The van der Waals surface area contributed by atoms with Gasteiger partial charge >= 0.3 is 0 Å². The highest BCUT2D eigenvalue weighted by Crippen LogP contribution is 2.30. The third kappa shape index (κ3) is 5.45. The summed E-state index contributed by atoms with van der Waals surface area (Å²) in [5.41, 5.74) is 6.21. The van der Waals surface area contributed by atoms with Crippen LogP contribution < -0.4 is 15.0 Å². The lowest BCUT2D eigenvalue weighted by Gasteiger charge is -2.32. The van der Waals surface area contributed by atoms with Gasteiger partial charge in [-0.05, 0) is 66.1 Å². The van der Waals surface area contributed by atoms with Gasteiger partial charge in [-0.2, -0.15) is 0 Å². The van der Waals surface area contributed by atoms with Crippen molar-refractivity contribution in [3.63, 3.8) is 0 Å². The fraction of sp³-hybridized carbons (Fsp3) is 0.286. The number of thioether (sulfide) groups is 1. The average molecular weight is 473 g/mol. The SMILES string of the molecule is O=C1NC(=O)C(Cc2ccc3c(c2)CCCN3CCc2ccc(OCc3ccccc3)cc2)S1. The Bertz CT molecular complexity index is 1160. The largest absolute Gasteiger partial charge is 0.489 e. The van der Waals surface area contributed by atoms with Crippen molar-refractivity contribution in [3.05, 3.63) is 95.1 Å². The van der Waals surface area contributed by atoms with Crippen molar-refractivity contribution in [2.24, 2.45) is 0 Å². The molecule has 3 aromatic carbocycles. The molecule has 2 aliphatic rings. The quantitative estimate of drug-likeness (QED) is 0.491. The molecule has 3 aromatic rings. The first-order valence-electron chi connectivity index (χ1n) is 11.8. The number of nitrogens with one attached hydrogen (secondary N) is 1. The van der Waals surface area contributed by atoms with E-state index in [-0.39, 0.29) is 16.4 Å². The second-order valence-corrected chi connectivity index (χ2v) is 9.98. The first kappa shape index (κ1) is 22.5. The molecule has 2 aliphatic heterocycles. The van der Waals surface area contributed by atoms with Gasteiger partial charge in [0.2, 0.25) is 5.91 Å². The molecular formula is C28H28N2O3S. The number of carbonyl (C=O) groups excluding carboxylic acids is 2.